The lowest BCUT2D eigenvalue weighted by molar-refractivity contribution is -0.0450. The van der Waals surface area contributed by atoms with Crippen molar-refractivity contribution in [1.82, 2.24) is 4.90 Å². The summed E-state index contributed by atoms with van der Waals surface area (Å²) < 4.78 is 73.7. The fourth-order valence-corrected chi connectivity index (χ4v) is 0.720. The summed E-state index contributed by atoms with van der Waals surface area (Å²) >= 11 is 0. The zero-order valence-electron chi connectivity index (χ0n) is 17.2. The lowest BCUT2D eigenvalue weighted by Gasteiger charge is -2.33. The van der Waals surface area contributed by atoms with Crippen LogP contribution < -0.4 is 0 Å². The van der Waals surface area contributed by atoms with E-state index in [2.05, 4.69) is 0 Å². The second-order valence-electron chi connectivity index (χ2n) is 3.63. The van der Waals surface area contributed by atoms with Crippen molar-refractivity contribution in [2.45, 2.75) is 51.7 Å². The number of amides is 1. The highest BCUT2D eigenvalue weighted by atomic mass is 16.6. The Morgan fingerprint density at radius 3 is 2.86 bits per heavy atom. The highest BCUT2D eigenvalue weighted by molar-refractivity contribution is 5.68. The van der Waals surface area contributed by atoms with Crippen LogP contribution in [0.2, 0.25) is 0 Å². The molecule has 1 N–H and O–H groups in total. The molecule has 1 amide bonds. The molecule has 4 heteroatoms. The maximum atomic E-state index is 12.2. The summed E-state index contributed by atoms with van der Waals surface area (Å²) in [5.41, 5.74) is -1.20. The topological polar surface area (TPSA) is 49.8 Å². The van der Waals surface area contributed by atoms with Crippen LogP contribution in [0.15, 0.2) is 0 Å². The van der Waals surface area contributed by atoms with Gasteiger partial charge in [0.2, 0.25) is 0 Å². The molecule has 0 aromatic heterocycles. The van der Waals surface area contributed by atoms with Gasteiger partial charge in [0, 0.05) is 17.5 Å². The summed E-state index contributed by atoms with van der Waals surface area (Å²) in [6, 6.07) is 0. The molecule has 0 saturated carbocycles. The summed E-state index contributed by atoms with van der Waals surface area (Å²) in [7, 11) is 0. The molecule has 0 aromatic rings. The number of carbonyl (C=O) groups is 1. The average Bonchev–Trinajstić information content (AvgIpc) is 2.22. The predicted molar refractivity (Wildman–Crippen MR) is 52.8 cm³/mol. The van der Waals surface area contributed by atoms with Gasteiger partial charge in [-0.2, -0.15) is 0 Å². The minimum atomic E-state index is -3.74. The van der Waals surface area contributed by atoms with Gasteiger partial charge in [0.05, 0.1) is 1.37 Å². The number of hydrogen-bond donors (Lipinski definition) is 1. The maximum absolute atomic E-state index is 12.2. The summed E-state index contributed by atoms with van der Waals surface area (Å²) in [6.45, 7) is 0.642. The lowest BCUT2D eigenvalue weighted by atomic mass is 10.1. The molecule has 0 aromatic carbocycles. The Bertz CT molecular complexity index is 482. The predicted octanol–water partition coefficient (Wildman–Crippen LogP) is 1.73. The van der Waals surface area contributed by atoms with Crippen LogP contribution in [-0.4, -0.2) is 34.4 Å². The van der Waals surface area contributed by atoms with Crippen molar-refractivity contribution in [2.24, 2.45) is 0 Å². The first-order chi connectivity index (χ1) is 9.75. The van der Waals surface area contributed by atoms with Gasteiger partial charge in [0.1, 0.15) is 11.8 Å². The van der Waals surface area contributed by atoms with E-state index in [4.69, 9.17) is 17.1 Å². The van der Waals surface area contributed by atoms with Crippen LogP contribution in [0, 0.1) is 0 Å². The molecule has 1 fully saturated rings. The molecule has 1 aliphatic rings. The van der Waals surface area contributed by atoms with Crippen LogP contribution in [0.25, 0.3) is 0 Å². The van der Waals surface area contributed by atoms with Crippen molar-refractivity contribution < 1.29 is 27.0 Å². The van der Waals surface area contributed by atoms with Gasteiger partial charge in [0.15, 0.2) is 0 Å². The van der Waals surface area contributed by atoms with Gasteiger partial charge in [-0.05, 0) is 39.9 Å². The molecule has 1 aliphatic heterocycles. The van der Waals surface area contributed by atoms with Crippen molar-refractivity contribution in [3.63, 3.8) is 0 Å². The Hall–Kier alpha value is -0.770. The fraction of sp³-hybridized carbons (Fsp3) is 0.900. The standard InChI is InChI=1S/C10H19NO3/c1-10(2,3)14-9(13)11-7-5-4-6-8(11)12/h8,12H,4-7H2,1-3H3/i4D2,5D2,6D2,7D2,8D. The number of hydrogen-bond acceptors (Lipinski definition) is 3. The zero-order valence-corrected chi connectivity index (χ0v) is 8.21. The maximum Gasteiger partial charge on any atom is 0.412 e. The largest absolute Gasteiger partial charge is 0.444 e. The quantitative estimate of drug-likeness (QED) is 0.662. The average molecular weight is 210 g/mol. The third kappa shape index (κ3) is 3.18. The van der Waals surface area contributed by atoms with Gasteiger partial charge in [-0.3, -0.25) is 4.90 Å². The number of piperidine rings is 1. The minimum absolute atomic E-state index is 0.438. The Morgan fingerprint density at radius 1 is 1.64 bits per heavy atom. The van der Waals surface area contributed by atoms with Crippen LogP contribution in [0.4, 0.5) is 4.79 Å². The van der Waals surface area contributed by atoms with E-state index in [1.54, 1.807) is 0 Å². The summed E-state index contributed by atoms with van der Waals surface area (Å²) in [5.74, 6) is 0. The van der Waals surface area contributed by atoms with Crippen LogP contribution in [0.1, 0.15) is 52.2 Å². The number of likely N-dealkylation sites (tertiary alicyclic amines) is 1. The van der Waals surface area contributed by atoms with E-state index in [1.807, 2.05) is 0 Å². The van der Waals surface area contributed by atoms with E-state index < -0.39 is 48.4 Å². The second-order valence-corrected chi connectivity index (χ2v) is 3.63. The SMILES string of the molecule is [2H]C1([2H])N(C(=O)OC(C)(C)C)C([2H])(O)C([2H])([2H])C([2H])([2H])C1([2H])[2H]. The van der Waals surface area contributed by atoms with Crippen molar-refractivity contribution >= 4 is 6.09 Å². The summed E-state index contributed by atoms with van der Waals surface area (Å²) in [5, 5.41) is 10.1. The van der Waals surface area contributed by atoms with Gasteiger partial charge < -0.3 is 9.84 Å². The van der Waals surface area contributed by atoms with Crippen molar-refractivity contribution in [1.29, 1.82) is 0 Å². The first-order valence-corrected chi connectivity index (χ1v) is 4.01. The van der Waals surface area contributed by atoms with Crippen molar-refractivity contribution in [3.05, 3.63) is 0 Å². The van der Waals surface area contributed by atoms with E-state index in [0.717, 1.165) is 0 Å². The van der Waals surface area contributed by atoms with Crippen LogP contribution >= 0.6 is 0 Å². The normalized spacial score (nSPS) is 52.6. The van der Waals surface area contributed by atoms with Gasteiger partial charge in [0.25, 0.3) is 0 Å². The Labute approximate surface area is 97.5 Å². The number of carbonyl (C=O) groups excluding carboxylic acids is 1. The Kier molecular flexibility index (Phi) is 1.19. The van der Waals surface area contributed by atoms with Crippen molar-refractivity contribution in [3.8, 4) is 0 Å². The number of ether oxygens (including phenoxy) is 1. The molecular weight excluding hydrogens is 182 g/mol. The van der Waals surface area contributed by atoms with Gasteiger partial charge >= 0.3 is 6.09 Å². The monoisotopic (exact) mass is 210 g/mol. The molecule has 0 spiro atoms. The molecule has 1 saturated heterocycles. The first-order valence-electron chi connectivity index (χ1n) is 8.51. The van der Waals surface area contributed by atoms with Crippen LogP contribution in [0.5, 0.6) is 0 Å². The lowest BCUT2D eigenvalue weighted by Crippen LogP contribution is -2.46. The van der Waals surface area contributed by atoms with E-state index in [9.17, 15) is 9.90 Å². The van der Waals surface area contributed by atoms with E-state index in [0.29, 0.717) is 0 Å². The smallest absolute Gasteiger partial charge is 0.412 e. The van der Waals surface area contributed by atoms with Gasteiger partial charge in [-0.15, -0.1) is 0 Å². The molecule has 0 aliphatic carbocycles. The molecule has 1 atom stereocenters. The third-order valence-corrected chi connectivity index (χ3v) is 1.19. The van der Waals surface area contributed by atoms with Crippen molar-refractivity contribution in [2.75, 3.05) is 6.50 Å². The van der Waals surface area contributed by atoms with Gasteiger partial charge in [-0.25, -0.2) is 4.79 Å². The highest BCUT2D eigenvalue weighted by Gasteiger charge is 2.28. The van der Waals surface area contributed by atoms with E-state index in [-0.39, 0.29) is 0 Å². The molecule has 4 nitrogen and oxygen atoms in total. The molecular formula is C10H19NO3. The Morgan fingerprint density at radius 2 is 2.29 bits per heavy atom. The summed E-state index contributed by atoms with van der Waals surface area (Å²) in [6.07, 6.45) is -16.3. The Balaban J connectivity index is 3.60. The minimum Gasteiger partial charge on any atom is -0.444 e. The molecule has 1 heterocycles. The first kappa shape index (κ1) is 4.00. The number of aliphatic hydroxyl groups is 1. The number of rotatable bonds is 0. The molecule has 1 unspecified atom stereocenters. The molecule has 0 bridgehead atoms. The third-order valence-electron chi connectivity index (χ3n) is 1.19. The summed E-state index contributed by atoms with van der Waals surface area (Å²) in [4.78, 5) is 11.7. The zero-order chi connectivity index (χ0) is 18.9. The number of nitrogens with zero attached hydrogens (tertiary/aromatic N) is 1. The van der Waals surface area contributed by atoms with E-state index >= 15 is 0 Å². The van der Waals surface area contributed by atoms with E-state index in [1.165, 1.54) is 20.8 Å². The molecule has 0 radical (unpaired) electrons. The molecule has 14 heavy (non-hydrogen) atoms. The molecule has 1 rings (SSSR count). The van der Waals surface area contributed by atoms with Crippen LogP contribution in [0.3, 0.4) is 0 Å². The molecule has 82 valence electrons. The van der Waals surface area contributed by atoms with Gasteiger partial charge in [-0.1, -0.05) is 0 Å². The highest BCUT2D eigenvalue weighted by Crippen LogP contribution is 2.18. The second kappa shape index (κ2) is 4.17. The van der Waals surface area contributed by atoms with Crippen LogP contribution in [-0.2, 0) is 4.74 Å². The fourth-order valence-electron chi connectivity index (χ4n) is 0.720.